The van der Waals surface area contributed by atoms with Gasteiger partial charge in [-0.3, -0.25) is 14.3 Å². The molecule has 0 amide bonds. The standard InChI is InChI=1S/C25H44N2O6/c1-2-3-4-5-6-7-8-9-10-11-12-13-14-15-18-32-23-22(30)20(19-28)33-24(23)27-17-16-21(29)26-25(27)31/h16-17,20,22-24,28,30H,2-15,18-19H2,1H3,(H,26,29,31)/t20-,22-,23-,24-/m1/s1. The fraction of sp³-hybridized carbons (Fsp3) is 0.840. The molecule has 3 N–H and O–H groups in total. The third-order valence-corrected chi connectivity index (χ3v) is 6.43. The van der Waals surface area contributed by atoms with E-state index in [0.29, 0.717) is 6.61 Å². The second kappa shape index (κ2) is 16.2. The van der Waals surface area contributed by atoms with Crippen molar-refractivity contribution < 1.29 is 19.7 Å². The van der Waals surface area contributed by atoms with Crippen molar-refractivity contribution in [2.45, 2.75) is 121 Å². The van der Waals surface area contributed by atoms with E-state index in [1.165, 1.54) is 87.5 Å². The highest BCUT2D eigenvalue weighted by Gasteiger charge is 2.45. The van der Waals surface area contributed by atoms with Gasteiger partial charge in [0.1, 0.15) is 18.3 Å². The number of aromatic amines is 1. The zero-order chi connectivity index (χ0) is 23.9. The molecule has 0 aromatic carbocycles. The maximum absolute atomic E-state index is 12.1. The fourth-order valence-electron chi connectivity index (χ4n) is 4.42. The van der Waals surface area contributed by atoms with Gasteiger partial charge in [0, 0.05) is 18.9 Å². The van der Waals surface area contributed by atoms with Crippen LogP contribution in [0.25, 0.3) is 0 Å². The van der Waals surface area contributed by atoms with E-state index >= 15 is 0 Å². The van der Waals surface area contributed by atoms with Crippen molar-refractivity contribution in [3.05, 3.63) is 33.1 Å². The van der Waals surface area contributed by atoms with Crippen LogP contribution in [0.3, 0.4) is 0 Å². The Hall–Kier alpha value is -1.48. The van der Waals surface area contributed by atoms with Gasteiger partial charge in [-0.1, -0.05) is 90.4 Å². The summed E-state index contributed by atoms with van der Waals surface area (Å²) >= 11 is 0. The van der Waals surface area contributed by atoms with Crippen LogP contribution in [0.4, 0.5) is 0 Å². The van der Waals surface area contributed by atoms with Crippen molar-refractivity contribution in [1.82, 2.24) is 9.55 Å². The molecule has 2 rings (SSSR count). The van der Waals surface area contributed by atoms with Gasteiger partial charge in [0.25, 0.3) is 5.56 Å². The molecular weight excluding hydrogens is 424 g/mol. The van der Waals surface area contributed by atoms with Crippen molar-refractivity contribution in [3.8, 4) is 0 Å². The molecule has 33 heavy (non-hydrogen) atoms. The predicted molar refractivity (Wildman–Crippen MR) is 128 cm³/mol. The molecule has 1 fully saturated rings. The molecular formula is C25H44N2O6. The Bertz CT molecular complexity index is 749. The molecule has 8 heteroatoms. The number of ether oxygens (including phenoxy) is 2. The molecule has 1 aliphatic heterocycles. The van der Waals surface area contributed by atoms with Crippen molar-refractivity contribution in [2.24, 2.45) is 0 Å². The van der Waals surface area contributed by atoms with E-state index < -0.39 is 35.8 Å². The Morgan fingerprint density at radius 3 is 2.00 bits per heavy atom. The molecule has 0 spiro atoms. The Morgan fingerprint density at radius 2 is 1.48 bits per heavy atom. The van der Waals surface area contributed by atoms with Gasteiger partial charge in [-0.25, -0.2) is 4.79 Å². The van der Waals surface area contributed by atoms with E-state index in [1.54, 1.807) is 0 Å². The topological polar surface area (TPSA) is 114 Å². The second-order valence-electron chi connectivity index (χ2n) is 9.19. The van der Waals surface area contributed by atoms with Crippen LogP contribution in [0, 0.1) is 0 Å². The average Bonchev–Trinajstić information content (AvgIpc) is 3.11. The number of hydrogen-bond acceptors (Lipinski definition) is 6. The van der Waals surface area contributed by atoms with Crippen LogP contribution < -0.4 is 11.2 Å². The summed E-state index contributed by atoms with van der Waals surface area (Å²) in [4.78, 5) is 25.6. The maximum atomic E-state index is 12.1. The molecule has 2 heterocycles. The minimum absolute atomic E-state index is 0.380. The van der Waals surface area contributed by atoms with E-state index in [-0.39, 0.29) is 6.61 Å². The molecule has 0 radical (unpaired) electrons. The van der Waals surface area contributed by atoms with E-state index in [2.05, 4.69) is 11.9 Å². The van der Waals surface area contributed by atoms with Gasteiger partial charge >= 0.3 is 5.69 Å². The number of H-pyrrole nitrogens is 1. The van der Waals surface area contributed by atoms with Crippen molar-refractivity contribution >= 4 is 0 Å². The first-order valence-electron chi connectivity index (χ1n) is 13.0. The normalized spacial score (nSPS) is 22.8. The zero-order valence-electron chi connectivity index (χ0n) is 20.3. The Balaban J connectivity index is 1.58. The molecule has 1 saturated heterocycles. The molecule has 0 bridgehead atoms. The van der Waals surface area contributed by atoms with Crippen LogP contribution in [-0.2, 0) is 9.47 Å². The number of aliphatic hydroxyl groups is 2. The minimum Gasteiger partial charge on any atom is -0.394 e. The first-order valence-corrected chi connectivity index (χ1v) is 13.0. The quantitative estimate of drug-likeness (QED) is 0.283. The third-order valence-electron chi connectivity index (χ3n) is 6.43. The summed E-state index contributed by atoms with van der Waals surface area (Å²) < 4.78 is 12.7. The van der Waals surface area contributed by atoms with Crippen molar-refractivity contribution in [2.75, 3.05) is 13.2 Å². The van der Waals surface area contributed by atoms with Crippen LogP contribution in [0.15, 0.2) is 21.9 Å². The van der Waals surface area contributed by atoms with Crippen LogP contribution in [0.1, 0.15) is 103 Å². The van der Waals surface area contributed by atoms with Gasteiger partial charge in [0.15, 0.2) is 6.23 Å². The number of rotatable bonds is 18. The number of aromatic nitrogens is 2. The van der Waals surface area contributed by atoms with E-state index in [1.807, 2.05) is 0 Å². The summed E-state index contributed by atoms with van der Waals surface area (Å²) in [6.45, 7) is 2.31. The maximum Gasteiger partial charge on any atom is 0.330 e. The Labute approximate surface area is 197 Å². The van der Waals surface area contributed by atoms with Gasteiger partial charge in [0.05, 0.1) is 6.61 Å². The molecule has 190 valence electrons. The Morgan fingerprint density at radius 1 is 0.939 bits per heavy atom. The Kier molecular flexibility index (Phi) is 13.6. The average molecular weight is 469 g/mol. The highest BCUT2D eigenvalue weighted by molar-refractivity contribution is 4.94. The lowest BCUT2D eigenvalue weighted by Crippen LogP contribution is -2.39. The van der Waals surface area contributed by atoms with Crippen LogP contribution in [-0.4, -0.2) is 51.3 Å². The van der Waals surface area contributed by atoms with Gasteiger partial charge < -0.3 is 19.7 Å². The van der Waals surface area contributed by atoms with E-state index in [0.717, 1.165) is 19.3 Å². The van der Waals surface area contributed by atoms with Crippen molar-refractivity contribution in [1.29, 1.82) is 0 Å². The van der Waals surface area contributed by atoms with Crippen LogP contribution >= 0.6 is 0 Å². The summed E-state index contributed by atoms with van der Waals surface area (Å²) in [6, 6.07) is 1.22. The van der Waals surface area contributed by atoms with Crippen molar-refractivity contribution in [3.63, 3.8) is 0 Å². The largest absolute Gasteiger partial charge is 0.394 e. The first kappa shape index (κ1) is 27.8. The summed E-state index contributed by atoms with van der Waals surface area (Å²) in [5.41, 5.74) is -1.14. The molecule has 8 nitrogen and oxygen atoms in total. The first-order chi connectivity index (χ1) is 16.1. The van der Waals surface area contributed by atoms with E-state index in [4.69, 9.17) is 9.47 Å². The lowest BCUT2D eigenvalue weighted by atomic mass is 10.0. The summed E-state index contributed by atoms with van der Waals surface area (Å²) in [6.07, 6.45) is 15.6. The van der Waals surface area contributed by atoms with Crippen LogP contribution in [0.5, 0.6) is 0 Å². The molecule has 1 aromatic heterocycles. The van der Waals surface area contributed by atoms with Gasteiger partial charge in [-0.2, -0.15) is 0 Å². The summed E-state index contributed by atoms with van der Waals surface area (Å²) in [7, 11) is 0. The minimum atomic E-state index is -1.05. The number of unbranched alkanes of at least 4 members (excludes halogenated alkanes) is 13. The van der Waals surface area contributed by atoms with Crippen LogP contribution in [0.2, 0.25) is 0 Å². The summed E-state index contributed by atoms with van der Waals surface area (Å²) in [5.74, 6) is 0. The third kappa shape index (κ3) is 9.73. The highest BCUT2D eigenvalue weighted by Crippen LogP contribution is 2.30. The molecule has 0 unspecified atom stereocenters. The smallest absolute Gasteiger partial charge is 0.330 e. The molecule has 4 atom stereocenters. The lowest BCUT2D eigenvalue weighted by molar-refractivity contribution is -0.0749. The monoisotopic (exact) mass is 468 g/mol. The number of aliphatic hydroxyl groups excluding tert-OH is 2. The number of hydrogen-bond donors (Lipinski definition) is 3. The molecule has 0 saturated carbocycles. The summed E-state index contributed by atoms with van der Waals surface area (Å²) in [5, 5.41) is 19.9. The number of nitrogens with zero attached hydrogens (tertiary/aromatic N) is 1. The SMILES string of the molecule is CCCCCCCCCCCCCCCCO[C@@H]1[C@H](O)[C@@H](CO)O[C@H]1n1ccc(=O)[nH]c1=O. The van der Waals surface area contributed by atoms with Gasteiger partial charge in [-0.05, 0) is 6.42 Å². The van der Waals surface area contributed by atoms with E-state index in [9.17, 15) is 19.8 Å². The highest BCUT2D eigenvalue weighted by atomic mass is 16.6. The molecule has 1 aromatic rings. The second-order valence-corrected chi connectivity index (χ2v) is 9.19. The predicted octanol–water partition coefficient (Wildman–Crippen LogP) is 3.65. The zero-order valence-corrected chi connectivity index (χ0v) is 20.3. The lowest BCUT2D eigenvalue weighted by Gasteiger charge is -2.22. The van der Waals surface area contributed by atoms with Gasteiger partial charge in [0.2, 0.25) is 0 Å². The fourth-order valence-corrected chi connectivity index (χ4v) is 4.42. The molecule has 1 aliphatic rings. The molecule has 0 aliphatic carbocycles. The van der Waals surface area contributed by atoms with Gasteiger partial charge in [-0.15, -0.1) is 0 Å². The number of nitrogens with one attached hydrogen (secondary N) is 1.